The zero-order valence-corrected chi connectivity index (χ0v) is 68.1. The van der Waals surface area contributed by atoms with Crippen LogP contribution in [0.4, 0.5) is 0 Å². The van der Waals surface area contributed by atoms with Crippen LogP contribution in [0.3, 0.4) is 0 Å². The van der Waals surface area contributed by atoms with Crippen LogP contribution < -0.4 is 0 Å². The monoisotopic (exact) mass is 1610 g/mol. The SMILES string of the molecule is c1ccc(-c2ccc3c4c5ccccc5ccc4n(-c4nc5ccccc5nc4-c4ccccc4)c3c2)cc1.c1ccc(-c2ccc3c4ccccc4n(-c4cccc(-c5nc(-c6ccccc6)nc(-c6ccccc6)n5)c4)c3c2)cc1.c1ccc(-c2nc(-c3ccccc3)nc(-n3c4ccccc4c4ccc5c6ccccc6n(-c6ccccc6)c5c43)n2)cc1. The average Bonchev–Trinajstić information content (AvgIpc) is 1.55. The molecule has 0 bridgehead atoms. The van der Waals surface area contributed by atoms with E-state index in [1.54, 1.807) is 0 Å². The quantitative estimate of drug-likeness (QED) is 0.119. The van der Waals surface area contributed by atoms with E-state index >= 15 is 0 Å². The van der Waals surface area contributed by atoms with Crippen molar-refractivity contribution in [1.82, 2.24) is 58.1 Å². The lowest BCUT2D eigenvalue weighted by Gasteiger charge is -2.14. The van der Waals surface area contributed by atoms with E-state index in [1.165, 1.54) is 65.3 Å². The van der Waals surface area contributed by atoms with Gasteiger partial charge in [-0.25, -0.2) is 29.9 Å². The first-order valence-electron chi connectivity index (χ1n) is 42.3. The third-order valence-electron chi connectivity index (χ3n) is 23.8. The molecular formula is C114H74N12. The number of nitrogens with zero attached hydrogens (tertiary/aromatic N) is 12. The standard InChI is InChI=1S/C39H25N5.C39H26N4.C36H23N3/c1-4-14-26(15-5-1)37-40-38(27-16-6-2-7-17-27)42-39(41-37)44-34-23-13-11-21-30(34)32-25-24-31-29-20-10-12-22-33(29)43(35(31)36(32)44)28-18-8-3-9-19-28;1-4-13-27(14-5-1)30-23-24-34-33-21-10-11-22-35(33)43(36(34)26-30)32-20-12-19-31(25-32)39-41-37(28-15-6-2-7-16-28)40-38(42-39)29-17-8-3-9-18-29;1-3-11-24(12-4-1)27-19-21-29-33(23-27)39(32-22-20-25-13-7-8-16-28(25)34(29)32)36-35(26-14-5-2-6-15-26)37-30-17-9-10-18-31(30)38-36/h1-25H;1-26H;1-23H. The molecule has 0 N–H and O–H groups in total. The molecule has 0 aliphatic rings. The minimum Gasteiger partial charge on any atom is -0.309 e. The van der Waals surface area contributed by atoms with E-state index in [2.05, 4.69) is 316 Å². The van der Waals surface area contributed by atoms with Gasteiger partial charge in [0.1, 0.15) is 5.69 Å². The molecule has 0 spiro atoms. The number of rotatable bonds is 12. The molecule has 0 atom stereocenters. The van der Waals surface area contributed by atoms with Gasteiger partial charge in [-0.3, -0.25) is 9.13 Å². The number of hydrogen-bond acceptors (Lipinski definition) is 8. The smallest absolute Gasteiger partial charge is 0.238 e. The largest absolute Gasteiger partial charge is 0.309 e. The van der Waals surface area contributed by atoms with Crippen molar-refractivity contribution >= 4 is 109 Å². The van der Waals surface area contributed by atoms with Gasteiger partial charge in [-0.2, -0.15) is 9.97 Å². The molecule has 0 fully saturated rings. The Hall–Kier alpha value is -17.2. The van der Waals surface area contributed by atoms with E-state index in [-0.39, 0.29) is 0 Å². The molecule has 0 saturated carbocycles. The van der Waals surface area contributed by atoms with Crippen LogP contribution in [0.2, 0.25) is 0 Å². The highest BCUT2D eigenvalue weighted by molar-refractivity contribution is 6.25. The molecular weight excluding hydrogens is 1540 g/mol. The van der Waals surface area contributed by atoms with Gasteiger partial charge in [-0.1, -0.05) is 376 Å². The molecule has 18 aromatic carbocycles. The summed E-state index contributed by atoms with van der Waals surface area (Å²) < 4.78 is 9.26. The predicted octanol–water partition coefficient (Wildman–Crippen LogP) is 28.3. The van der Waals surface area contributed by atoms with Crippen LogP contribution >= 0.6 is 0 Å². The summed E-state index contributed by atoms with van der Waals surface area (Å²) in [6, 6.07) is 156. The summed E-state index contributed by atoms with van der Waals surface area (Å²) in [5.41, 5.74) is 24.2. The van der Waals surface area contributed by atoms with Crippen molar-refractivity contribution in [1.29, 1.82) is 0 Å². The maximum Gasteiger partial charge on any atom is 0.238 e. The highest BCUT2D eigenvalue weighted by Crippen LogP contribution is 2.45. The number of aromatic nitrogens is 12. The van der Waals surface area contributed by atoms with Gasteiger partial charge in [0.25, 0.3) is 0 Å². The summed E-state index contributed by atoms with van der Waals surface area (Å²) in [7, 11) is 0. The Morgan fingerprint density at radius 3 is 1.05 bits per heavy atom. The van der Waals surface area contributed by atoms with Crippen molar-refractivity contribution in [2.45, 2.75) is 0 Å². The highest BCUT2D eigenvalue weighted by Gasteiger charge is 2.26. The van der Waals surface area contributed by atoms with Crippen LogP contribution in [-0.4, -0.2) is 58.1 Å². The second-order valence-corrected chi connectivity index (χ2v) is 31.3. The first kappa shape index (κ1) is 73.9. The second-order valence-electron chi connectivity index (χ2n) is 31.3. The van der Waals surface area contributed by atoms with E-state index < -0.39 is 0 Å². The molecule has 25 aromatic rings. The van der Waals surface area contributed by atoms with E-state index in [0.29, 0.717) is 35.1 Å². The third-order valence-corrected chi connectivity index (χ3v) is 23.8. The van der Waals surface area contributed by atoms with Crippen LogP contribution in [-0.2, 0) is 0 Å². The molecule has 7 aromatic heterocycles. The van der Waals surface area contributed by atoms with Gasteiger partial charge in [0.05, 0.1) is 55.2 Å². The fourth-order valence-corrected chi connectivity index (χ4v) is 18.0. The molecule has 25 rings (SSSR count). The Morgan fingerprint density at radius 1 is 0.167 bits per heavy atom. The molecule has 0 radical (unpaired) electrons. The van der Waals surface area contributed by atoms with Crippen LogP contribution in [0.15, 0.2) is 449 Å². The number of benzene rings is 18. The summed E-state index contributed by atoms with van der Waals surface area (Å²) in [5.74, 6) is 4.63. The topological polar surface area (TPSA) is 123 Å². The minimum absolute atomic E-state index is 0.585. The zero-order chi connectivity index (χ0) is 83.4. The van der Waals surface area contributed by atoms with Crippen molar-refractivity contribution in [2.24, 2.45) is 0 Å². The summed E-state index contributed by atoms with van der Waals surface area (Å²) in [6.45, 7) is 0. The summed E-state index contributed by atoms with van der Waals surface area (Å²) in [5, 5.41) is 12.0. The maximum atomic E-state index is 5.28. The van der Waals surface area contributed by atoms with E-state index in [0.717, 1.165) is 122 Å². The minimum atomic E-state index is 0.585. The van der Waals surface area contributed by atoms with Gasteiger partial charge in [0, 0.05) is 87.8 Å². The van der Waals surface area contributed by atoms with Gasteiger partial charge < -0.3 is 9.13 Å². The van der Waals surface area contributed by atoms with Crippen molar-refractivity contribution < 1.29 is 0 Å². The molecule has 0 aliphatic heterocycles. The van der Waals surface area contributed by atoms with E-state index in [1.807, 2.05) is 152 Å². The van der Waals surface area contributed by atoms with Gasteiger partial charge in [0.2, 0.25) is 5.95 Å². The maximum absolute atomic E-state index is 5.28. The summed E-state index contributed by atoms with van der Waals surface area (Å²) in [6.07, 6.45) is 0. The van der Waals surface area contributed by atoms with Gasteiger partial charge >= 0.3 is 0 Å². The van der Waals surface area contributed by atoms with Gasteiger partial charge in [-0.05, 0) is 106 Å². The molecule has 12 nitrogen and oxygen atoms in total. The Morgan fingerprint density at radius 2 is 0.524 bits per heavy atom. The van der Waals surface area contributed by atoms with Crippen LogP contribution in [0, 0.1) is 0 Å². The Bertz CT molecular complexity index is 8310. The van der Waals surface area contributed by atoms with Crippen LogP contribution in [0.1, 0.15) is 0 Å². The Kier molecular flexibility index (Phi) is 18.6. The van der Waals surface area contributed by atoms with Gasteiger partial charge in [-0.15, -0.1) is 0 Å². The molecule has 0 amide bonds. The molecule has 0 saturated heterocycles. The van der Waals surface area contributed by atoms with Gasteiger partial charge in [0.15, 0.2) is 34.9 Å². The lowest BCUT2D eigenvalue weighted by molar-refractivity contribution is 0.953. The lowest BCUT2D eigenvalue weighted by Crippen LogP contribution is -2.07. The van der Waals surface area contributed by atoms with E-state index in [9.17, 15) is 0 Å². The summed E-state index contributed by atoms with van der Waals surface area (Å²) >= 11 is 0. The zero-order valence-electron chi connectivity index (χ0n) is 68.1. The van der Waals surface area contributed by atoms with Crippen LogP contribution in [0.5, 0.6) is 0 Å². The molecule has 0 aliphatic carbocycles. The van der Waals surface area contributed by atoms with Crippen LogP contribution in [0.25, 0.3) is 223 Å². The molecule has 12 heteroatoms. The fraction of sp³-hybridized carbons (Fsp3) is 0. The number of hydrogen-bond donors (Lipinski definition) is 0. The Balaban J connectivity index is 0.000000109. The molecule has 590 valence electrons. The average molecular weight is 1610 g/mol. The number of fused-ring (bicyclic) bond motifs is 16. The van der Waals surface area contributed by atoms with Crippen molar-refractivity contribution in [3.63, 3.8) is 0 Å². The fourth-order valence-electron chi connectivity index (χ4n) is 18.0. The van der Waals surface area contributed by atoms with Crippen molar-refractivity contribution in [3.05, 3.63) is 449 Å². The predicted molar refractivity (Wildman–Crippen MR) is 518 cm³/mol. The third kappa shape index (κ3) is 13.3. The molecule has 7 heterocycles. The first-order valence-corrected chi connectivity index (χ1v) is 42.3. The van der Waals surface area contributed by atoms with E-state index in [4.69, 9.17) is 39.9 Å². The first-order chi connectivity index (χ1) is 62.5. The normalized spacial score (nSPS) is 11.5. The summed E-state index contributed by atoms with van der Waals surface area (Å²) in [4.78, 5) is 40.6. The van der Waals surface area contributed by atoms with Crippen molar-refractivity contribution in [3.8, 4) is 114 Å². The molecule has 126 heavy (non-hydrogen) atoms. The molecule has 0 unspecified atom stereocenters. The second kappa shape index (κ2) is 31.7. The Labute approximate surface area is 724 Å². The lowest BCUT2D eigenvalue weighted by atomic mass is 10.0. The number of para-hydroxylation sites is 6. The highest BCUT2D eigenvalue weighted by atomic mass is 15.2. The van der Waals surface area contributed by atoms with Crippen molar-refractivity contribution in [2.75, 3.05) is 0 Å².